The van der Waals surface area contributed by atoms with Crippen molar-refractivity contribution >= 4 is 29.3 Å². The zero-order chi connectivity index (χ0) is 14.5. The van der Waals surface area contributed by atoms with Gasteiger partial charge in [0.15, 0.2) is 0 Å². The number of nitrogens with one attached hydrogen (secondary N) is 2. The number of carbonyl (C=O) groups excluding carboxylic acids is 1. The van der Waals surface area contributed by atoms with E-state index in [0.717, 1.165) is 5.56 Å². The molecule has 0 bridgehead atoms. The summed E-state index contributed by atoms with van der Waals surface area (Å²) in [6.07, 6.45) is 3.03. The summed E-state index contributed by atoms with van der Waals surface area (Å²) in [5.41, 5.74) is 1.22. The van der Waals surface area contributed by atoms with Crippen LogP contribution >= 0.6 is 11.6 Å². The molecule has 2 rings (SSSR count). The third-order valence-electron chi connectivity index (χ3n) is 2.50. The largest absolute Gasteiger partial charge is 0.478 e. The lowest BCUT2D eigenvalue weighted by Crippen LogP contribution is -2.28. The Hall–Kier alpha value is -2.47. The average molecular weight is 295 g/mol. The number of urea groups is 1. The van der Waals surface area contributed by atoms with Gasteiger partial charge in [0.25, 0.3) is 0 Å². The van der Waals surface area contributed by atoms with Gasteiger partial charge in [-0.3, -0.25) is 0 Å². The lowest BCUT2D eigenvalue weighted by Gasteiger charge is -2.08. The second-order valence-corrected chi connectivity index (χ2v) is 4.35. The summed E-state index contributed by atoms with van der Waals surface area (Å²) in [6, 6.07) is 5.35. The lowest BCUT2D eigenvalue weighted by atomic mass is 10.2. The third-order valence-corrected chi connectivity index (χ3v) is 2.81. The molecule has 6 nitrogen and oxygen atoms in total. The normalized spacial score (nSPS) is 10.1. The van der Waals surface area contributed by atoms with Gasteiger partial charge < -0.3 is 20.2 Å². The van der Waals surface area contributed by atoms with Crippen LogP contribution < -0.4 is 10.6 Å². The van der Waals surface area contributed by atoms with Crippen LogP contribution in [0, 0.1) is 0 Å². The fourth-order valence-electron chi connectivity index (χ4n) is 1.49. The van der Waals surface area contributed by atoms with Gasteiger partial charge in [0, 0.05) is 12.1 Å². The van der Waals surface area contributed by atoms with Crippen molar-refractivity contribution in [3.8, 4) is 0 Å². The Morgan fingerprint density at radius 2 is 2.10 bits per heavy atom. The number of carboxylic acids is 1. The minimum Gasteiger partial charge on any atom is -0.478 e. The number of anilines is 1. The van der Waals surface area contributed by atoms with E-state index in [-0.39, 0.29) is 10.6 Å². The van der Waals surface area contributed by atoms with Crippen LogP contribution in [0.15, 0.2) is 41.2 Å². The minimum atomic E-state index is -1.08. The highest BCUT2D eigenvalue weighted by molar-refractivity contribution is 6.34. The maximum Gasteiger partial charge on any atom is 0.335 e. The van der Waals surface area contributed by atoms with E-state index >= 15 is 0 Å². The fraction of sp³-hybridized carbons (Fsp3) is 0.0769. The Kier molecular flexibility index (Phi) is 4.27. The van der Waals surface area contributed by atoms with E-state index in [0.29, 0.717) is 12.2 Å². The SMILES string of the molecule is O=C(NCc1ccoc1)Nc1ccc(C(=O)O)cc1Cl. The Morgan fingerprint density at radius 3 is 2.70 bits per heavy atom. The van der Waals surface area contributed by atoms with Crippen molar-refractivity contribution in [2.75, 3.05) is 5.32 Å². The number of furan rings is 1. The number of aromatic carboxylic acids is 1. The first-order valence-electron chi connectivity index (χ1n) is 5.65. The van der Waals surface area contributed by atoms with Crippen LogP contribution in [0.25, 0.3) is 0 Å². The highest BCUT2D eigenvalue weighted by atomic mass is 35.5. The molecule has 1 heterocycles. The van der Waals surface area contributed by atoms with Crippen molar-refractivity contribution in [2.45, 2.75) is 6.54 Å². The quantitative estimate of drug-likeness (QED) is 0.808. The number of hydrogen-bond acceptors (Lipinski definition) is 3. The topological polar surface area (TPSA) is 91.6 Å². The van der Waals surface area contributed by atoms with E-state index in [1.54, 1.807) is 6.07 Å². The summed E-state index contributed by atoms with van der Waals surface area (Å²) in [5.74, 6) is -1.08. The number of rotatable bonds is 4. The average Bonchev–Trinajstić information content (AvgIpc) is 2.91. The van der Waals surface area contributed by atoms with Crippen LogP contribution in [0.1, 0.15) is 15.9 Å². The maximum atomic E-state index is 11.7. The molecule has 20 heavy (non-hydrogen) atoms. The van der Waals surface area contributed by atoms with Gasteiger partial charge >= 0.3 is 12.0 Å². The van der Waals surface area contributed by atoms with E-state index < -0.39 is 12.0 Å². The third kappa shape index (κ3) is 3.52. The summed E-state index contributed by atoms with van der Waals surface area (Å²) in [7, 11) is 0. The van der Waals surface area contributed by atoms with Gasteiger partial charge in [0.2, 0.25) is 0 Å². The predicted molar refractivity (Wildman–Crippen MR) is 73.0 cm³/mol. The number of hydrogen-bond donors (Lipinski definition) is 3. The molecule has 0 aliphatic rings. The molecule has 0 unspecified atom stereocenters. The molecule has 0 fully saturated rings. The van der Waals surface area contributed by atoms with E-state index in [1.165, 1.54) is 30.7 Å². The molecule has 1 aromatic heterocycles. The molecule has 1 aromatic carbocycles. The van der Waals surface area contributed by atoms with E-state index in [1.807, 2.05) is 0 Å². The number of carbonyl (C=O) groups is 2. The first-order valence-corrected chi connectivity index (χ1v) is 6.03. The smallest absolute Gasteiger partial charge is 0.335 e. The van der Waals surface area contributed by atoms with Crippen molar-refractivity contribution < 1.29 is 19.1 Å². The molecule has 0 aliphatic carbocycles. The molecular weight excluding hydrogens is 284 g/mol. The molecule has 0 aliphatic heterocycles. The summed E-state index contributed by atoms with van der Waals surface area (Å²) < 4.78 is 4.87. The Morgan fingerprint density at radius 1 is 1.30 bits per heavy atom. The monoisotopic (exact) mass is 294 g/mol. The molecule has 0 atom stereocenters. The number of amides is 2. The van der Waals surface area contributed by atoms with Crippen LogP contribution in [-0.4, -0.2) is 17.1 Å². The van der Waals surface area contributed by atoms with Crippen LogP contribution in [0.4, 0.5) is 10.5 Å². The first kappa shape index (κ1) is 14.0. The van der Waals surface area contributed by atoms with Gasteiger partial charge in [0.05, 0.1) is 28.8 Å². The van der Waals surface area contributed by atoms with Crippen molar-refractivity contribution in [3.05, 3.63) is 52.9 Å². The van der Waals surface area contributed by atoms with Gasteiger partial charge in [-0.15, -0.1) is 0 Å². The zero-order valence-corrected chi connectivity index (χ0v) is 11.0. The second kappa shape index (κ2) is 6.12. The Labute approximate surface area is 119 Å². The molecule has 2 aromatic rings. The lowest BCUT2D eigenvalue weighted by molar-refractivity contribution is 0.0697. The van der Waals surface area contributed by atoms with Crippen LogP contribution in [0.3, 0.4) is 0 Å². The highest BCUT2D eigenvalue weighted by Crippen LogP contribution is 2.23. The van der Waals surface area contributed by atoms with Crippen molar-refractivity contribution in [1.82, 2.24) is 5.32 Å². The Bertz CT molecular complexity index is 625. The maximum absolute atomic E-state index is 11.7. The van der Waals surface area contributed by atoms with Gasteiger partial charge in [0.1, 0.15) is 0 Å². The first-order chi connectivity index (χ1) is 9.56. The molecule has 104 valence electrons. The summed E-state index contributed by atoms with van der Waals surface area (Å²) in [4.78, 5) is 22.4. The zero-order valence-electron chi connectivity index (χ0n) is 10.2. The van der Waals surface area contributed by atoms with Gasteiger partial charge in [-0.2, -0.15) is 0 Å². The van der Waals surface area contributed by atoms with Gasteiger partial charge in [-0.05, 0) is 24.3 Å². The van der Waals surface area contributed by atoms with Crippen molar-refractivity contribution in [1.29, 1.82) is 0 Å². The van der Waals surface area contributed by atoms with Crippen molar-refractivity contribution in [3.63, 3.8) is 0 Å². The number of halogens is 1. The summed E-state index contributed by atoms with van der Waals surface area (Å²) >= 11 is 5.90. The molecule has 7 heteroatoms. The minimum absolute atomic E-state index is 0.0550. The molecule has 3 N–H and O–H groups in total. The Balaban J connectivity index is 1.95. The predicted octanol–water partition coefficient (Wildman–Crippen LogP) is 2.95. The number of carboxylic acid groups (broad SMARTS) is 1. The van der Waals surface area contributed by atoms with Crippen LogP contribution in [0.5, 0.6) is 0 Å². The molecule has 0 spiro atoms. The van der Waals surface area contributed by atoms with E-state index in [4.69, 9.17) is 21.1 Å². The number of benzene rings is 1. The van der Waals surface area contributed by atoms with Crippen LogP contribution in [-0.2, 0) is 6.54 Å². The van der Waals surface area contributed by atoms with Crippen molar-refractivity contribution in [2.24, 2.45) is 0 Å². The van der Waals surface area contributed by atoms with Gasteiger partial charge in [-0.25, -0.2) is 9.59 Å². The molecule has 0 radical (unpaired) electrons. The van der Waals surface area contributed by atoms with E-state index in [2.05, 4.69) is 10.6 Å². The molecule has 0 saturated carbocycles. The standard InChI is InChI=1S/C13H11ClN2O4/c14-10-5-9(12(17)18)1-2-11(10)16-13(19)15-6-8-3-4-20-7-8/h1-5,7H,6H2,(H,17,18)(H2,15,16,19). The highest BCUT2D eigenvalue weighted by Gasteiger charge is 2.09. The van der Waals surface area contributed by atoms with Gasteiger partial charge in [-0.1, -0.05) is 11.6 Å². The fourth-order valence-corrected chi connectivity index (χ4v) is 1.72. The van der Waals surface area contributed by atoms with E-state index in [9.17, 15) is 9.59 Å². The van der Waals surface area contributed by atoms with Crippen LogP contribution in [0.2, 0.25) is 5.02 Å². The second-order valence-electron chi connectivity index (χ2n) is 3.94. The summed E-state index contributed by atoms with van der Waals surface area (Å²) in [6.45, 7) is 0.313. The molecular formula is C13H11ClN2O4. The molecule has 2 amide bonds. The summed E-state index contributed by atoms with van der Waals surface area (Å²) in [5, 5.41) is 14.1. The molecule has 0 saturated heterocycles.